The summed E-state index contributed by atoms with van der Waals surface area (Å²) < 4.78 is 0. The molecule has 4 rings (SSSR count). The van der Waals surface area contributed by atoms with Gasteiger partial charge in [0.2, 0.25) is 5.91 Å². The number of carbonyl (C=O) groups excluding carboxylic acids is 1. The van der Waals surface area contributed by atoms with Crippen molar-refractivity contribution in [2.45, 2.75) is 32.2 Å². The number of carbonyl (C=O) groups is 1. The van der Waals surface area contributed by atoms with Gasteiger partial charge in [0, 0.05) is 25.3 Å². The topological polar surface area (TPSA) is 23.6 Å². The van der Waals surface area contributed by atoms with Crippen molar-refractivity contribution in [2.75, 3.05) is 24.5 Å². The number of aryl methyl sites for hydroxylation is 1. The average molecular weight is 346 g/mol. The Kier molecular flexibility index (Phi) is 4.89. The molecule has 0 fully saturated rings. The van der Waals surface area contributed by atoms with Crippen LogP contribution in [-0.4, -0.2) is 36.5 Å². The third kappa shape index (κ3) is 3.32. The molecule has 0 saturated heterocycles. The highest BCUT2D eigenvalue weighted by Gasteiger charge is 2.30. The minimum absolute atomic E-state index is 0.0882. The molecule has 26 heavy (non-hydrogen) atoms. The Bertz CT molecular complexity index is 812. The second kappa shape index (κ2) is 7.46. The molecule has 0 aliphatic carbocycles. The molecule has 3 nitrogen and oxygen atoms in total. The van der Waals surface area contributed by atoms with E-state index >= 15 is 0 Å². The molecule has 3 heteroatoms. The average Bonchev–Trinajstić information content (AvgIpc) is 2.73. The van der Waals surface area contributed by atoms with Crippen molar-refractivity contribution in [3.63, 3.8) is 0 Å². The third-order valence-electron chi connectivity index (χ3n) is 5.67. The summed E-state index contributed by atoms with van der Waals surface area (Å²) in [5.41, 5.74) is 5.10. The SMILES string of the molecule is C[C@H](C(=O)N1CCCc2ccccc21)N1CC=C(c2ccccc2)CC1. The molecule has 2 aliphatic heterocycles. The van der Waals surface area contributed by atoms with E-state index in [1.54, 1.807) is 0 Å². The predicted octanol–water partition coefficient (Wildman–Crippen LogP) is 4.14. The number of rotatable bonds is 3. The number of fused-ring (bicyclic) bond motifs is 1. The van der Waals surface area contributed by atoms with E-state index in [1.807, 2.05) is 11.0 Å². The number of anilines is 1. The first-order chi connectivity index (χ1) is 12.7. The lowest BCUT2D eigenvalue weighted by Crippen LogP contribution is -2.49. The molecule has 134 valence electrons. The van der Waals surface area contributed by atoms with Crippen molar-refractivity contribution >= 4 is 17.2 Å². The number of hydrogen-bond acceptors (Lipinski definition) is 2. The van der Waals surface area contributed by atoms with E-state index in [0.29, 0.717) is 0 Å². The quantitative estimate of drug-likeness (QED) is 0.834. The van der Waals surface area contributed by atoms with Gasteiger partial charge >= 0.3 is 0 Å². The molecule has 0 radical (unpaired) electrons. The Morgan fingerprint density at radius 2 is 1.73 bits per heavy atom. The van der Waals surface area contributed by atoms with E-state index in [1.165, 1.54) is 16.7 Å². The van der Waals surface area contributed by atoms with Crippen LogP contribution in [0.4, 0.5) is 5.69 Å². The van der Waals surface area contributed by atoms with Gasteiger partial charge in [0.15, 0.2) is 0 Å². The molecule has 2 aromatic carbocycles. The maximum atomic E-state index is 13.2. The normalized spacial score (nSPS) is 18.8. The maximum absolute atomic E-state index is 13.2. The number of amides is 1. The van der Waals surface area contributed by atoms with Crippen molar-refractivity contribution in [3.05, 3.63) is 71.8 Å². The highest BCUT2D eigenvalue weighted by molar-refractivity contribution is 5.98. The second-order valence-electron chi connectivity index (χ2n) is 7.24. The summed E-state index contributed by atoms with van der Waals surface area (Å²) in [5.74, 6) is 0.230. The van der Waals surface area contributed by atoms with Gasteiger partial charge < -0.3 is 4.90 Å². The highest BCUT2D eigenvalue weighted by Crippen LogP contribution is 2.29. The molecule has 0 aromatic heterocycles. The maximum Gasteiger partial charge on any atom is 0.244 e. The lowest BCUT2D eigenvalue weighted by Gasteiger charge is -2.36. The molecule has 1 atom stereocenters. The standard InChI is InChI=1S/C23H26N2O/c1-18(23(26)25-15-7-11-21-10-5-6-12-22(21)25)24-16-13-20(14-17-24)19-8-3-2-4-9-19/h2-6,8-10,12-13,18H,7,11,14-17H2,1H3/t18-/m1/s1. The number of hydrogen-bond donors (Lipinski definition) is 0. The van der Waals surface area contributed by atoms with Crippen molar-refractivity contribution in [2.24, 2.45) is 0 Å². The molecule has 2 aromatic rings. The largest absolute Gasteiger partial charge is 0.311 e. The van der Waals surface area contributed by atoms with Gasteiger partial charge in [-0.1, -0.05) is 54.6 Å². The smallest absolute Gasteiger partial charge is 0.244 e. The van der Waals surface area contributed by atoms with Gasteiger partial charge in [-0.2, -0.15) is 0 Å². The summed E-state index contributed by atoms with van der Waals surface area (Å²) in [4.78, 5) is 17.5. The van der Waals surface area contributed by atoms with E-state index < -0.39 is 0 Å². The van der Waals surface area contributed by atoms with Gasteiger partial charge in [-0.25, -0.2) is 0 Å². The van der Waals surface area contributed by atoms with Crippen LogP contribution in [-0.2, 0) is 11.2 Å². The summed E-state index contributed by atoms with van der Waals surface area (Å²) in [7, 11) is 0. The van der Waals surface area contributed by atoms with Crippen LogP contribution in [0.5, 0.6) is 0 Å². The molecule has 0 N–H and O–H groups in total. The Morgan fingerprint density at radius 3 is 2.50 bits per heavy atom. The molecule has 0 saturated carbocycles. The molecular weight excluding hydrogens is 320 g/mol. The minimum atomic E-state index is -0.0882. The first-order valence-corrected chi connectivity index (χ1v) is 9.62. The van der Waals surface area contributed by atoms with Crippen LogP contribution < -0.4 is 4.90 Å². The lowest BCUT2D eigenvalue weighted by molar-refractivity contribution is -0.123. The zero-order chi connectivity index (χ0) is 17.9. The van der Waals surface area contributed by atoms with Gasteiger partial charge in [0.25, 0.3) is 0 Å². The van der Waals surface area contributed by atoms with Crippen LogP contribution in [0.3, 0.4) is 0 Å². The molecule has 0 unspecified atom stereocenters. The predicted molar refractivity (Wildman–Crippen MR) is 107 cm³/mol. The van der Waals surface area contributed by atoms with Crippen molar-refractivity contribution < 1.29 is 4.79 Å². The van der Waals surface area contributed by atoms with Gasteiger partial charge in [-0.3, -0.25) is 9.69 Å². The van der Waals surface area contributed by atoms with Crippen molar-refractivity contribution in [1.29, 1.82) is 0 Å². The second-order valence-corrected chi connectivity index (χ2v) is 7.24. The highest BCUT2D eigenvalue weighted by atomic mass is 16.2. The van der Waals surface area contributed by atoms with E-state index in [9.17, 15) is 4.79 Å². The molecule has 0 spiro atoms. The fraction of sp³-hybridized carbons (Fsp3) is 0.348. The summed E-state index contributed by atoms with van der Waals surface area (Å²) in [6.07, 6.45) is 5.40. The van der Waals surface area contributed by atoms with Crippen LogP contribution >= 0.6 is 0 Å². The van der Waals surface area contributed by atoms with E-state index in [2.05, 4.69) is 66.4 Å². The molecule has 0 bridgehead atoms. The van der Waals surface area contributed by atoms with Crippen LogP contribution in [0, 0.1) is 0 Å². The Labute approximate surface area is 155 Å². The minimum Gasteiger partial charge on any atom is -0.311 e. The Morgan fingerprint density at radius 1 is 0.962 bits per heavy atom. The zero-order valence-corrected chi connectivity index (χ0v) is 15.4. The fourth-order valence-corrected chi connectivity index (χ4v) is 4.10. The van der Waals surface area contributed by atoms with Crippen LogP contribution in [0.15, 0.2) is 60.7 Å². The number of para-hydroxylation sites is 1. The zero-order valence-electron chi connectivity index (χ0n) is 15.4. The summed E-state index contributed by atoms with van der Waals surface area (Å²) in [5, 5.41) is 0. The van der Waals surface area contributed by atoms with Crippen molar-refractivity contribution in [1.82, 2.24) is 4.90 Å². The molecule has 1 amide bonds. The Hall–Kier alpha value is -2.39. The summed E-state index contributed by atoms with van der Waals surface area (Å²) in [6, 6.07) is 18.8. The monoisotopic (exact) mass is 346 g/mol. The summed E-state index contributed by atoms with van der Waals surface area (Å²) in [6.45, 7) is 4.66. The van der Waals surface area contributed by atoms with E-state index in [0.717, 1.165) is 44.6 Å². The van der Waals surface area contributed by atoms with Gasteiger partial charge in [0.05, 0.1) is 6.04 Å². The van der Waals surface area contributed by atoms with Crippen LogP contribution in [0.1, 0.15) is 30.9 Å². The Balaban J connectivity index is 1.47. The lowest BCUT2D eigenvalue weighted by atomic mass is 9.98. The fourth-order valence-electron chi connectivity index (χ4n) is 4.10. The molecular formula is C23H26N2O. The molecule has 2 heterocycles. The number of nitrogens with zero attached hydrogens (tertiary/aromatic N) is 2. The molecule has 2 aliphatic rings. The van der Waals surface area contributed by atoms with Crippen LogP contribution in [0.25, 0.3) is 5.57 Å². The van der Waals surface area contributed by atoms with E-state index in [4.69, 9.17) is 0 Å². The summed E-state index contributed by atoms with van der Waals surface area (Å²) >= 11 is 0. The first-order valence-electron chi connectivity index (χ1n) is 9.62. The first kappa shape index (κ1) is 17.0. The number of benzene rings is 2. The van der Waals surface area contributed by atoms with Gasteiger partial charge in [-0.05, 0) is 49.0 Å². The van der Waals surface area contributed by atoms with Gasteiger partial charge in [-0.15, -0.1) is 0 Å². The van der Waals surface area contributed by atoms with Crippen molar-refractivity contribution in [3.8, 4) is 0 Å². The third-order valence-corrected chi connectivity index (χ3v) is 5.67. The van der Waals surface area contributed by atoms with Crippen LogP contribution in [0.2, 0.25) is 0 Å². The van der Waals surface area contributed by atoms with E-state index in [-0.39, 0.29) is 11.9 Å². The van der Waals surface area contributed by atoms with Gasteiger partial charge in [0.1, 0.15) is 0 Å².